The van der Waals surface area contributed by atoms with Crippen LogP contribution in [0.5, 0.6) is 11.5 Å². The fraction of sp³-hybridized carbons (Fsp3) is 0.176. The minimum Gasteiger partial charge on any atom is -0.508 e. The van der Waals surface area contributed by atoms with Crippen molar-refractivity contribution in [3.05, 3.63) is 58.1 Å². The minimum atomic E-state index is -0.368. The lowest BCUT2D eigenvalue weighted by molar-refractivity contribution is -0.123. The van der Waals surface area contributed by atoms with Crippen molar-refractivity contribution < 1.29 is 14.6 Å². The molecule has 0 bridgehead atoms. The zero-order valence-corrected chi connectivity index (χ0v) is 14.2. The average molecular weight is 377 g/mol. The van der Waals surface area contributed by atoms with Crippen LogP contribution in [-0.2, 0) is 11.2 Å². The summed E-state index contributed by atoms with van der Waals surface area (Å²) in [6, 6.07) is 12.3. The highest BCUT2D eigenvalue weighted by molar-refractivity contribution is 9.10. The molecule has 2 aromatic rings. The van der Waals surface area contributed by atoms with Crippen molar-refractivity contribution in [2.45, 2.75) is 13.3 Å². The largest absolute Gasteiger partial charge is 0.508 e. The van der Waals surface area contributed by atoms with Gasteiger partial charge in [-0.05, 0) is 57.7 Å². The summed E-state index contributed by atoms with van der Waals surface area (Å²) in [6.45, 7) is 1.93. The molecule has 0 aliphatic rings. The third-order valence-corrected chi connectivity index (χ3v) is 3.66. The van der Waals surface area contributed by atoms with Gasteiger partial charge in [0.15, 0.2) is 6.61 Å². The summed E-state index contributed by atoms with van der Waals surface area (Å²) in [6.07, 6.45) is 2.38. The number of aromatic hydroxyl groups is 1. The predicted molar refractivity (Wildman–Crippen MR) is 92.9 cm³/mol. The number of aryl methyl sites for hydroxylation is 1. The van der Waals surface area contributed by atoms with Crippen LogP contribution in [0, 0.1) is 0 Å². The first-order chi connectivity index (χ1) is 11.1. The van der Waals surface area contributed by atoms with E-state index in [4.69, 9.17) is 4.74 Å². The molecule has 0 unspecified atom stereocenters. The first-order valence-electron chi connectivity index (χ1n) is 7.10. The SMILES string of the molecule is CCc1ccc(OCC(=O)NN=Cc2cccc(O)c2)c(Br)c1. The molecule has 0 saturated carbocycles. The van der Waals surface area contributed by atoms with E-state index in [9.17, 15) is 9.90 Å². The Morgan fingerprint density at radius 1 is 1.35 bits per heavy atom. The van der Waals surface area contributed by atoms with E-state index in [0.717, 1.165) is 10.9 Å². The van der Waals surface area contributed by atoms with Gasteiger partial charge in [-0.1, -0.05) is 25.1 Å². The highest BCUT2D eigenvalue weighted by Gasteiger charge is 2.05. The van der Waals surface area contributed by atoms with Gasteiger partial charge in [-0.15, -0.1) is 0 Å². The van der Waals surface area contributed by atoms with Crippen LogP contribution >= 0.6 is 15.9 Å². The molecule has 1 amide bonds. The van der Waals surface area contributed by atoms with Crippen LogP contribution in [-0.4, -0.2) is 23.8 Å². The number of carbonyl (C=O) groups excluding carboxylic acids is 1. The van der Waals surface area contributed by atoms with Gasteiger partial charge in [-0.25, -0.2) is 5.43 Å². The second-order valence-electron chi connectivity index (χ2n) is 4.80. The first kappa shape index (κ1) is 17.0. The normalized spacial score (nSPS) is 10.7. The number of phenols is 1. The van der Waals surface area contributed by atoms with Gasteiger partial charge in [0.25, 0.3) is 5.91 Å². The molecule has 0 heterocycles. The molecule has 23 heavy (non-hydrogen) atoms. The van der Waals surface area contributed by atoms with Gasteiger partial charge in [0.2, 0.25) is 0 Å². The van der Waals surface area contributed by atoms with E-state index < -0.39 is 0 Å². The zero-order chi connectivity index (χ0) is 16.7. The number of nitrogens with one attached hydrogen (secondary N) is 1. The van der Waals surface area contributed by atoms with Crippen LogP contribution in [0.15, 0.2) is 52.0 Å². The monoisotopic (exact) mass is 376 g/mol. The van der Waals surface area contributed by atoms with Gasteiger partial charge in [0.1, 0.15) is 11.5 Å². The van der Waals surface area contributed by atoms with Crippen molar-refractivity contribution in [1.82, 2.24) is 5.43 Å². The molecule has 0 aliphatic carbocycles. The van der Waals surface area contributed by atoms with E-state index in [1.807, 2.05) is 18.2 Å². The van der Waals surface area contributed by atoms with Crippen LogP contribution in [0.25, 0.3) is 0 Å². The molecule has 0 fully saturated rings. The second-order valence-corrected chi connectivity index (χ2v) is 5.65. The summed E-state index contributed by atoms with van der Waals surface area (Å²) in [5, 5.41) is 13.1. The molecular weight excluding hydrogens is 360 g/mol. The van der Waals surface area contributed by atoms with Crippen molar-refractivity contribution in [1.29, 1.82) is 0 Å². The van der Waals surface area contributed by atoms with Crippen LogP contribution in [0.3, 0.4) is 0 Å². The number of amides is 1. The van der Waals surface area contributed by atoms with Crippen LogP contribution in [0.4, 0.5) is 0 Å². The summed E-state index contributed by atoms with van der Waals surface area (Å²) in [4.78, 5) is 11.7. The van der Waals surface area contributed by atoms with Gasteiger partial charge < -0.3 is 9.84 Å². The number of hydrogen-bond acceptors (Lipinski definition) is 4. The Labute approximate surface area is 143 Å². The second kappa shape index (κ2) is 8.33. The lowest BCUT2D eigenvalue weighted by Crippen LogP contribution is -2.24. The molecule has 0 saturated heterocycles. The molecule has 120 valence electrons. The summed E-state index contributed by atoms with van der Waals surface area (Å²) >= 11 is 3.42. The number of hydrogen-bond donors (Lipinski definition) is 2. The maximum absolute atomic E-state index is 11.7. The van der Waals surface area contributed by atoms with Crippen LogP contribution in [0.1, 0.15) is 18.1 Å². The van der Waals surface area contributed by atoms with Gasteiger partial charge >= 0.3 is 0 Å². The highest BCUT2D eigenvalue weighted by Crippen LogP contribution is 2.26. The number of carbonyl (C=O) groups is 1. The first-order valence-corrected chi connectivity index (χ1v) is 7.90. The molecule has 0 spiro atoms. The third kappa shape index (κ3) is 5.41. The number of hydrazone groups is 1. The van der Waals surface area contributed by atoms with Crippen LogP contribution in [0.2, 0.25) is 0 Å². The van der Waals surface area contributed by atoms with Crippen molar-refractivity contribution in [3.63, 3.8) is 0 Å². The van der Waals surface area contributed by atoms with Crippen molar-refractivity contribution in [2.24, 2.45) is 5.10 Å². The number of benzene rings is 2. The molecule has 0 radical (unpaired) electrons. The maximum atomic E-state index is 11.7. The van der Waals surface area contributed by atoms with E-state index in [1.54, 1.807) is 24.3 Å². The lowest BCUT2D eigenvalue weighted by atomic mass is 10.2. The van der Waals surface area contributed by atoms with Crippen molar-refractivity contribution in [3.8, 4) is 11.5 Å². The van der Waals surface area contributed by atoms with Gasteiger partial charge in [-0.3, -0.25) is 4.79 Å². The van der Waals surface area contributed by atoms with Gasteiger partial charge in [0.05, 0.1) is 10.7 Å². The van der Waals surface area contributed by atoms with Crippen molar-refractivity contribution >= 4 is 28.1 Å². The Kier molecular flexibility index (Phi) is 6.17. The Morgan fingerprint density at radius 2 is 2.17 bits per heavy atom. The maximum Gasteiger partial charge on any atom is 0.277 e. The highest BCUT2D eigenvalue weighted by atomic mass is 79.9. The molecule has 5 nitrogen and oxygen atoms in total. The summed E-state index contributed by atoms with van der Waals surface area (Å²) in [7, 11) is 0. The lowest BCUT2D eigenvalue weighted by Gasteiger charge is -2.08. The van der Waals surface area contributed by atoms with Gasteiger partial charge in [0, 0.05) is 0 Å². The molecule has 2 rings (SSSR count). The molecule has 0 aliphatic heterocycles. The zero-order valence-electron chi connectivity index (χ0n) is 12.6. The summed E-state index contributed by atoms with van der Waals surface area (Å²) < 4.78 is 6.26. The number of nitrogens with zero attached hydrogens (tertiary/aromatic N) is 1. The molecule has 2 aromatic carbocycles. The molecule has 2 N–H and O–H groups in total. The summed E-state index contributed by atoms with van der Waals surface area (Å²) in [5.74, 6) is 0.381. The summed E-state index contributed by atoms with van der Waals surface area (Å²) in [5.41, 5.74) is 4.24. The third-order valence-electron chi connectivity index (χ3n) is 3.04. The van der Waals surface area contributed by atoms with Crippen LogP contribution < -0.4 is 10.2 Å². The predicted octanol–water partition coefficient (Wildman–Crippen LogP) is 3.25. The smallest absolute Gasteiger partial charge is 0.277 e. The Balaban J connectivity index is 1.83. The number of phenolic OH excluding ortho intramolecular Hbond substituents is 1. The fourth-order valence-corrected chi connectivity index (χ4v) is 2.38. The number of halogens is 1. The van der Waals surface area contributed by atoms with E-state index >= 15 is 0 Å². The Morgan fingerprint density at radius 3 is 2.87 bits per heavy atom. The van der Waals surface area contributed by atoms with E-state index in [0.29, 0.717) is 11.3 Å². The fourth-order valence-electron chi connectivity index (χ4n) is 1.84. The molecule has 0 atom stereocenters. The van der Waals surface area contributed by atoms with E-state index in [2.05, 4.69) is 33.4 Å². The van der Waals surface area contributed by atoms with Crippen molar-refractivity contribution in [2.75, 3.05) is 6.61 Å². The molecule has 6 heteroatoms. The minimum absolute atomic E-state index is 0.137. The Bertz CT molecular complexity index is 717. The quantitative estimate of drug-likeness (QED) is 0.600. The van der Waals surface area contributed by atoms with E-state index in [-0.39, 0.29) is 18.3 Å². The molecule has 0 aromatic heterocycles. The van der Waals surface area contributed by atoms with E-state index in [1.165, 1.54) is 11.8 Å². The van der Waals surface area contributed by atoms with Gasteiger partial charge in [-0.2, -0.15) is 5.10 Å². The number of ether oxygens (including phenoxy) is 1. The number of rotatable bonds is 6. The standard InChI is InChI=1S/C17H17BrN2O3/c1-2-12-6-7-16(15(18)9-12)23-11-17(22)20-19-10-13-4-3-5-14(21)8-13/h3-10,21H,2,11H2,1H3,(H,20,22). The average Bonchev–Trinajstić information content (AvgIpc) is 2.53. The topological polar surface area (TPSA) is 70.9 Å². The Hall–Kier alpha value is -2.34. The molecular formula is C17H17BrN2O3.